The maximum absolute atomic E-state index is 16.0. The molecule has 4 aromatic rings. The summed E-state index contributed by atoms with van der Waals surface area (Å²) >= 11 is 13.5. The van der Waals surface area contributed by atoms with Gasteiger partial charge < -0.3 is 15.0 Å². The van der Waals surface area contributed by atoms with E-state index >= 15 is 4.39 Å². The number of H-pyrrole nitrogens is 1. The molecule has 2 bridgehead atoms. The largest absolute Gasteiger partial charge is 0.466 e. The number of carbonyl (C=O) groups is 1. The van der Waals surface area contributed by atoms with Crippen LogP contribution in [0.4, 0.5) is 10.2 Å². The third-order valence-electron chi connectivity index (χ3n) is 7.33. The Labute approximate surface area is 226 Å². The highest BCUT2D eigenvalue weighted by Crippen LogP contribution is 2.47. The molecule has 0 spiro atoms. The predicted octanol–water partition coefficient (Wildman–Crippen LogP) is 6.37. The first kappa shape index (κ1) is 24.5. The molecular formula is C25H23Cl2FN6O2S. The van der Waals surface area contributed by atoms with Crippen molar-refractivity contribution >= 4 is 57.5 Å². The second kappa shape index (κ2) is 9.81. The smallest absolute Gasteiger partial charge is 0.311 e. The number of halogens is 3. The molecule has 3 aliphatic carbocycles. The van der Waals surface area contributed by atoms with Crippen LogP contribution in [-0.2, 0) is 9.53 Å². The molecule has 8 nitrogen and oxygen atoms in total. The Bertz CT molecular complexity index is 1490. The van der Waals surface area contributed by atoms with Gasteiger partial charge in [-0.3, -0.25) is 4.79 Å². The molecule has 4 aromatic heterocycles. The summed E-state index contributed by atoms with van der Waals surface area (Å²) in [4.78, 5) is 34.4. The van der Waals surface area contributed by atoms with E-state index in [2.05, 4.69) is 30.2 Å². The van der Waals surface area contributed by atoms with E-state index < -0.39 is 5.82 Å². The van der Waals surface area contributed by atoms with Crippen molar-refractivity contribution in [3.63, 3.8) is 0 Å². The number of fused-ring (bicyclic) bond motifs is 4. The van der Waals surface area contributed by atoms with Gasteiger partial charge in [-0.25, -0.2) is 24.3 Å². The second-order valence-corrected chi connectivity index (χ2v) is 11.5. The summed E-state index contributed by atoms with van der Waals surface area (Å²) < 4.78 is 22.0. The van der Waals surface area contributed by atoms with Crippen LogP contribution in [0.1, 0.15) is 32.6 Å². The number of anilines is 1. The minimum Gasteiger partial charge on any atom is -0.466 e. The van der Waals surface area contributed by atoms with Gasteiger partial charge >= 0.3 is 5.97 Å². The molecule has 0 aromatic carbocycles. The lowest BCUT2D eigenvalue weighted by atomic mass is 9.61. The maximum atomic E-state index is 16.0. The van der Waals surface area contributed by atoms with E-state index in [1.165, 1.54) is 17.5 Å². The van der Waals surface area contributed by atoms with E-state index in [9.17, 15) is 4.79 Å². The summed E-state index contributed by atoms with van der Waals surface area (Å²) in [6.45, 7) is 2.10. The maximum Gasteiger partial charge on any atom is 0.311 e. The van der Waals surface area contributed by atoms with E-state index in [1.54, 1.807) is 25.3 Å². The fraction of sp³-hybridized carbons (Fsp3) is 0.400. The lowest BCUT2D eigenvalue weighted by Crippen LogP contribution is -2.52. The molecule has 2 atom stereocenters. The number of nitrogens with zero attached hydrogens (tertiary/aromatic N) is 4. The minimum atomic E-state index is -0.602. The molecule has 37 heavy (non-hydrogen) atoms. The monoisotopic (exact) mass is 560 g/mol. The highest BCUT2D eigenvalue weighted by Gasteiger charge is 2.48. The van der Waals surface area contributed by atoms with Crippen molar-refractivity contribution in [2.45, 2.75) is 38.6 Å². The Kier molecular flexibility index (Phi) is 6.50. The molecular weight excluding hydrogens is 538 g/mol. The van der Waals surface area contributed by atoms with Gasteiger partial charge in [0.05, 0.1) is 33.5 Å². The van der Waals surface area contributed by atoms with Crippen molar-refractivity contribution in [3.05, 3.63) is 39.8 Å². The number of hydrogen-bond acceptors (Lipinski definition) is 8. The molecule has 7 rings (SSSR count). The number of rotatable bonds is 6. The highest BCUT2D eigenvalue weighted by atomic mass is 35.5. The first-order valence-electron chi connectivity index (χ1n) is 12.2. The number of carbonyl (C=O) groups excluding carboxylic acids is 1. The van der Waals surface area contributed by atoms with Crippen molar-refractivity contribution in [1.82, 2.24) is 24.9 Å². The fourth-order valence-corrected chi connectivity index (χ4v) is 6.86. The Morgan fingerprint density at radius 1 is 1.19 bits per heavy atom. The third-order valence-corrected chi connectivity index (χ3v) is 8.75. The van der Waals surface area contributed by atoms with Gasteiger partial charge in [0.2, 0.25) is 0 Å². The number of nitrogens with one attached hydrogen (secondary N) is 2. The Hall–Kier alpha value is -2.82. The van der Waals surface area contributed by atoms with E-state index in [0.717, 1.165) is 25.7 Å². The van der Waals surface area contributed by atoms with Crippen LogP contribution >= 0.6 is 34.5 Å². The SMILES string of the molecule is CCOC(=O)[C@H]1C2CCC(CC2)[C@@H]1Nc1nc(-c2c[nH]c3ncc(Cl)nc23)nc(-c2ccc(Cl)s2)c1F. The van der Waals surface area contributed by atoms with Gasteiger partial charge in [-0.05, 0) is 56.6 Å². The Morgan fingerprint density at radius 3 is 2.70 bits per heavy atom. The molecule has 0 aliphatic heterocycles. The van der Waals surface area contributed by atoms with Gasteiger partial charge in [0.1, 0.15) is 16.4 Å². The van der Waals surface area contributed by atoms with Gasteiger partial charge in [0.15, 0.2) is 23.1 Å². The van der Waals surface area contributed by atoms with Crippen LogP contribution < -0.4 is 5.32 Å². The van der Waals surface area contributed by atoms with Crippen molar-refractivity contribution in [2.24, 2.45) is 17.8 Å². The van der Waals surface area contributed by atoms with Gasteiger partial charge in [-0.2, -0.15) is 0 Å². The first-order chi connectivity index (χ1) is 17.9. The first-order valence-corrected chi connectivity index (χ1v) is 13.8. The highest BCUT2D eigenvalue weighted by molar-refractivity contribution is 7.19. The zero-order valence-corrected chi connectivity index (χ0v) is 22.1. The molecule has 3 fully saturated rings. The summed E-state index contributed by atoms with van der Waals surface area (Å²) in [6, 6.07) is 3.13. The van der Waals surface area contributed by atoms with Crippen molar-refractivity contribution in [3.8, 4) is 22.0 Å². The summed E-state index contributed by atoms with van der Waals surface area (Å²) in [6.07, 6.45) is 7.00. The van der Waals surface area contributed by atoms with Crippen LogP contribution in [0, 0.1) is 23.6 Å². The van der Waals surface area contributed by atoms with E-state index in [4.69, 9.17) is 27.9 Å². The van der Waals surface area contributed by atoms with Crippen molar-refractivity contribution in [1.29, 1.82) is 0 Å². The summed E-state index contributed by atoms with van der Waals surface area (Å²) in [5.41, 5.74) is 1.63. The number of esters is 1. The molecule has 12 heteroatoms. The van der Waals surface area contributed by atoms with Gasteiger partial charge in [-0.1, -0.05) is 23.2 Å². The Morgan fingerprint density at radius 2 is 1.97 bits per heavy atom. The molecule has 0 radical (unpaired) electrons. The molecule has 4 heterocycles. The summed E-state index contributed by atoms with van der Waals surface area (Å²) in [7, 11) is 0. The number of aromatic amines is 1. The molecule has 3 aliphatic rings. The lowest BCUT2D eigenvalue weighted by Gasteiger charge is -2.47. The van der Waals surface area contributed by atoms with Crippen molar-refractivity contribution in [2.75, 3.05) is 11.9 Å². The third kappa shape index (κ3) is 4.45. The van der Waals surface area contributed by atoms with Gasteiger partial charge in [0, 0.05) is 12.2 Å². The normalized spacial score (nSPS) is 22.9. The number of aromatic nitrogens is 5. The summed E-state index contributed by atoms with van der Waals surface area (Å²) in [5.74, 6) is -0.503. The number of ether oxygens (including phenoxy) is 1. The van der Waals surface area contributed by atoms with E-state index in [1.807, 2.05) is 0 Å². The molecule has 0 amide bonds. The second-order valence-electron chi connectivity index (χ2n) is 9.38. The average molecular weight is 561 g/mol. The van der Waals surface area contributed by atoms with Crippen LogP contribution in [-0.4, -0.2) is 43.5 Å². The predicted molar refractivity (Wildman–Crippen MR) is 141 cm³/mol. The zero-order chi connectivity index (χ0) is 25.7. The zero-order valence-electron chi connectivity index (χ0n) is 19.8. The van der Waals surface area contributed by atoms with Crippen LogP contribution in [0.15, 0.2) is 24.5 Å². The fourth-order valence-electron chi connectivity index (χ4n) is 5.70. The van der Waals surface area contributed by atoms with Gasteiger partial charge in [-0.15, -0.1) is 11.3 Å². The van der Waals surface area contributed by atoms with Crippen LogP contribution in [0.2, 0.25) is 9.49 Å². The molecule has 0 unspecified atom stereocenters. The van der Waals surface area contributed by atoms with Crippen molar-refractivity contribution < 1.29 is 13.9 Å². The number of hydrogen-bond donors (Lipinski definition) is 2. The molecule has 0 saturated heterocycles. The standard InChI is InChI=1S/C25H23Cl2FN6O2S/c1-2-36-25(35)17-11-3-5-12(6-4-11)19(17)32-23-18(28)21(14-7-8-16(27)37-14)33-22(34-23)13-9-29-24-20(13)31-15(26)10-30-24/h7-12,17,19H,2-6H2,1H3,(H,29,30)(H,32,33,34)/t11?,12?,17-,19-/m0/s1. The molecule has 2 N–H and O–H groups in total. The Balaban J connectivity index is 1.47. The topological polar surface area (TPSA) is 106 Å². The quantitative estimate of drug-likeness (QED) is 0.264. The van der Waals surface area contributed by atoms with Crippen LogP contribution in [0.3, 0.4) is 0 Å². The van der Waals surface area contributed by atoms with Crippen LogP contribution in [0.5, 0.6) is 0 Å². The minimum absolute atomic E-state index is 0.0284. The average Bonchev–Trinajstić information content (AvgIpc) is 3.52. The summed E-state index contributed by atoms with van der Waals surface area (Å²) in [5, 5.41) is 3.54. The van der Waals surface area contributed by atoms with E-state index in [-0.39, 0.29) is 52.3 Å². The van der Waals surface area contributed by atoms with E-state index in [0.29, 0.717) is 32.5 Å². The van der Waals surface area contributed by atoms with Crippen LogP contribution in [0.25, 0.3) is 33.1 Å². The molecule has 192 valence electrons. The lowest BCUT2D eigenvalue weighted by molar-refractivity contribution is -0.154. The number of thiophene rings is 1. The molecule has 3 saturated carbocycles. The van der Waals surface area contributed by atoms with Gasteiger partial charge in [0.25, 0.3) is 0 Å².